The lowest BCUT2D eigenvalue weighted by Crippen LogP contribution is -2.22. The summed E-state index contributed by atoms with van der Waals surface area (Å²) in [4.78, 5) is 19.1. The van der Waals surface area contributed by atoms with Crippen molar-refractivity contribution in [2.45, 2.75) is 12.0 Å². The van der Waals surface area contributed by atoms with Crippen LogP contribution in [0.1, 0.15) is 11.7 Å². The molecule has 0 saturated carbocycles. The molecule has 18 heavy (non-hydrogen) atoms. The quantitative estimate of drug-likeness (QED) is 0.793. The van der Waals surface area contributed by atoms with Crippen LogP contribution < -0.4 is 5.56 Å². The van der Waals surface area contributed by atoms with Gasteiger partial charge in [0, 0.05) is 0 Å². The van der Waals surface area contributed by atoms with Crippen molar-refractivity contribution >= 4 is 10.9 Å². The lowest BCUT2D eigenvalue weighted by atomic mass is 9.97. The maximum absolute atomic E-state index is 11.9. The second-order valence-electron chi connectivity index (χ2n) is 4.25. The molecule has 0 aliphatic heterocycles. The number of hydrogen-bond donors (Lipinski definition) is 2. The Labute approximate surface area is 103 Å². The van der Waals surface area contributed by atoms with Crippen molar-refractivity contribution in [1.82, 2.24) is 9.97 Å². The first kappa shape index (κ1) is 10.9. The minimum Gasteiger partial charge on any atom is -0.388 e. The van der Waals surface area contributed by atoms with Crippen LogP contribution in [0.15, 0.2) is 53.4 Å². The summed E-state index contributed by atoms with van der Waals surface area (Å²) in [6.07, 6.45) is 6.48. The van der Waals surface area contributed by atoms with E-state index in [4.69, 9.17) is 0 Å². The summed E-state index contributed by atoms with van der Waals surface area (Å²) < 4.78 is 0. The Kier molecular flexibility index (Phi) is 2.57. The third-order valence-electron chi connectivity index (χ3n) is 3.05. The molecule has 2 aromatic rings. The number of aromatic nitrogens is 2. The number of allylic oxidation sites excluding steroid dienone is 2. The van der Waals surface area contributed by atoms with E-state index in [0.717, 1.165) is 0 Å². The standard InChI is InChI=1S/C14H12N2O2/c17-12-8-4-2-6-10(12)13-15-11-7-3-1-5-9(11)14(18)16-13/h1-8,10,12,17H,(H,15,16,18). The van der Waals surface area contributed by atoms with Gasteiger partial charge in [-0.05, 0) is 12.1 Å². The van der Waals surface area contributed by atoms with Gasteiger partial charge < -0.3 is 10.1 Å². The summed E-state index contributed by atoms with van der Waals surface area (Å²) in [6, 6.07) is 7.17. The molecule has 0 bridgehead atoms. The van der Waals surface area contributed by atoms with Gasteiger partial charge in [-0.15, -0.1) is 0 Å². The molecule has 1 aliphatic rings. The molecule has 1 aromatic carbocycles. The number of aliphatic hydroxyl groups is 1. The predicted octanol–water partition coefficient (Wildman–Crippen LogP) is 1.49. The van der Waals surface area contributed by atoms with E-state index in [1.807, 2.05) is 18.2 Å². The van der Waals surface area contributed by atoms with Crippen LogP contribution in [0, 0.1) is 0 Å². The van der Waals surface area contributed by atoms with Gasteiger partial charge >= 0.3 is 0 Å². The zero-order valence-electron chi connectivity index (χ0n) is 9.58. The van der Waals surface area contributed by atoms with Gasteiger partial charge in [0.1, 0.15) is 5.82 Å². The highest BCUT2D eigenvalue weighted by molar-refractivity contribution is 5.77. The number of hydrogen-bond acceptors (Lipinski definition) is 3. The van der Waals surface area contributed by atoms with Crippen molar-refractivity contribution in [2.75, 3.05) is 0 Å². The molecular formula is C14H12N2O2. The monoisotopic (exact) mass is 240 g/mol. The zero-order chi connectivity index (χ0) is 12.5. The molecule has 2 atom stereocenters. The van der Waals surface area contributed by atoms with Gasteiger partial charge in [0.05, 0.1) is 22.9 Å². The molecule has 0 fully saturated rings. The molecule has 1 aliphatic carbocycles. The van der Waals surface area contributed by atoms with E-state index in [1.54, 1.807) is 30.4 Å². The summed E-state index contributed by atoms with van der Waals surface area (Å²) in [5, 5.41) is 10.4. The Morgan fingerprint density at radius 2 is 1.94 bits per heavy atom. The van der Waals surface area contributed by atoms with Crippen molar-refractivity contribution in [2.24, 2.45) is 0 Å². The molecule has 0 spiro atoms. The van der Waals surface area contributed by atoms with Crippen LogP contribution in [0.2, 0.25) is 0 Å². The van der Waals surface area contributed by atoms with E-state index >= 15 is 0 Å². The highest BCUT2D eigenvalue weighted by Gasteiger charge is 2.20. The fourth-order valence-corrected chi connectivity index (χ4v) is 2.11. The highest BCUT2D eigenvalue weighted by atomic mass is 16.3. The van der Waals surface area contributed by atoms with Crippen LogP contribution in [0.4, 0.5) is 0 Å². The van der Waals surface area contributed by atoms with Gasteiger partial charge in [-0.2, -0.15) is 0 Å². The number of benzene rings is 1. The second-order valence-corrected chi connectivity index (χ2v) is 4.25. The fraction of sp³-hybridized carbons (Fsp3) is 0.143. The van der Waals surface area contributed by atoms with Gasteiger partial charge in [0.2, 0.25) is 0 Å². The third-order valence-corrected chi connectivity index (χ3v) is 3.05. The van der Waals surface area contributed by atoms with Crippen LogP contribution in [-0.4, -0.2) is 21.2 Å². The van der Waals surface area contributed by atoms with Gasteiger partial charge in [-0.25, -0.2) is 4.98 Å². The smallest absolute Gasteiger partial charge is 0.258 e. The van der Waals surface area contributed by atoms with Crippen LogP contribution in [0.3, 0.4) is 0 Å². The van der Waals surface area contributed by atoms with Gasteiger partial charge in [0.25, 0.3) is 5.56 Å². The van der Waals surface area contributed by atoms with Crippen molar-refractivity contribution in [3.63, 3.8) is 0 Å². The lowest BCUT2D eigenvalue weighted by molar-refractivity contribution is 0.202. The number of para-hydroxylation sites is 1. The van der Waals surface area contributed by atoms with Crippen molar-refractivity contribution in [3.05, 3.63) is 64.7 Å². The minimum atomic E-state index is -0.653. The normalized spacial score (nSPS) is 22.5. The van der Waals surface area contributed by atoms with E-state index in [-0.39, 0.29) is 11.5 Å². The van der Waals surface area contributed by atoms with Crippen molar-refractivity contribution in [3.8, 4) is 0 Å². The van der Waals surface area contributed by atoms with E-state index in [1.165, 1.54) is 0 Å². The molecule has 1 aromatic heterocycles. The zero-order valence-corrected chi connectivity index (χ0v) is 9.58. The van der Waals surface area contributed by atoms with Crippen LogP contribution in [0.25, 0.3) is 10.9 Å². The summed E-state index contributed by atoms with van der Waals surface area (Å²) in [5.41, 5.74) is 0.470. The molecule has 2 unspecified atom stereocenters. The minimum absolute atomic E-state index is 0.175. The molecule has 0 amide bonds. The second kappa shape index (κ2) is 4.23. The summed E-state index contributed by atoms with van der Waals surface area (Å²) in [7, 11) is 0. The van der Waals surface area contributed by atoms with E-state index < -0.39 is 6.10 Å². The number of H-pyrrole nitrogens is 1. The summed E-state index contributed by atoms with van der Waals surface area (Å²) >= 11 is 0. The number of nitrogens with one attached hydrogen (secondary N) is 1. The molecule has 3 rings (SSSR count). The Morgan fingerprint density at radius 1 is 1.17 bits per heavy atom. The average molecular weight is 240 g/mol. The third kappa shape index (κ3) is 1.76. The van der Waals surface area contributed by atoms with Crippen molar-refractivity contribution in [1.29, 1.82) is 0 Å². The summed E-state index contributed by atoms with van der Waals surface area (Å²) in [5.74, 6) is 0.194. The molecule has 4 heteroatoms. The first-order valence-electron chi connectivity index (χ1n) is 5.78. The summed E-state index contributed by atoms with van der Waals surface area (Å²) in [6.45, 7) is 0. The van der Waals surface area contributed by atoms with Crippen molar-refractivity contribution < 1.29 is 5.11 Å². The number of aliphatic hydroxyl groups excluding tert-OH is 1. The van der Waals surface area contributed by atoms with Gasteiger partial charge in [-0.1, -0.05) is 36.4 Å². The largest absolute Gasteiger partial charge is 0.388 e. The predicted molar refractivity (Wildman–Crippen MR) is 69.4 cm³/mol. The Hall–Kier alpha value is -2.20. The molecule has 1 heterocycles. The number of fused-ring (bicyclic) bond motifs is 1. The van der Waals surface area contributed by atoms with E-state index in [2.05, 4.69) is 9.97 Å². The van der Waals surface area contributed by atoms with E-state index in [9.17, 15) is 9.90 Å². The Bertz CT molecular complexity index is 700. The highest BCUT2D eigenvalue weighted by Crippen LogP contribution is 2.22. The first-order valence-corrected chi connectivity index (χ1v) is 5.78. The maximum atomic E-state index is 11.9. The first-order chi connectivity index (χ1) is 8.75. The molecular weight excluding hydrogens is 228 g/mol. The SMILES string of the molecule is O=c1[nH]c(C2C=CC=CC2O)nc2ccccc12. The van der Waals surface area contributed by atoms with Crippen LogP contribution in [-0.2, 0) is 0 Å². The van der Waals surface area contributed by atoms with E-state index in [0.29, 0.717) is 16.7 Å². The molecule has 0 saturated heterocycles. The number of rotatable bonds is 1. The molecule has 0 radical (unpaired) electrons. The Morgan fingerprint density at radius 3 is 2.78 bits per heavy atom. The van der Waals surface area contributed by atoms with Crippen LogP contribution >= 0.6 is 0 Å². The number of aromatic amines is 1. The van der Waals surface area contributed by atoms with Crippen LogP contribution in [0.5, 0.6) is 0 Å². The molecule has 4 nitrogen and oxygen atoms in total. The maximum Gasteiger partial charge on any atom is 0.258 e. The number of nitrogens with zero attached hydrogens (tertiary/aromatic N) is 1. The van der Waals surface area contributed by atoms with Gasteiger partial charge in [0.15, 0.2) is 0 Å². The molecule has 90 valence electrons. The Balaban J connectivity index is 2.16. The molecule has 2 N–H and O–H groups in total. The van der Waals surface area contributed by atoms with Gasteiger partial charge in [-0.3, -0.25) is 4.79 Å². The average Bonchev–Trinajstić information content (AvgIpc) is 2.39. The topological polar surface area (TPSA) is 66.0 Å². The fourth-order valence-electron chi connectivity index (χ4n) is 2.11. The lowest BCUT2D eigenvalue weighted by Gasteiger charge is -2.18.